The molecule has 3 aromatic rings. The molecule has 3 rings (SSSR count). The third-order valence-corrected chi connectivity index (χ3v) is 5.73. The van der Waals surface area contributed by atoms with Gasteiger partial charge in [0, 0.05) is 28.4 Å². The number of rotatable bonds is 5. The molecule has 25 heavy (non-hydrogen) atoms. The SMILES string of the molecule is CNS(=O)(=O)c1cccc(C(=O)Nc2ccc(-c3nccs3)cc2)c1. The third-order valence-electron chi connectivity index (χ3n) is 3.50. The number of carbonyl (C=O) groups excluding carboxylic acids is 1. The number of aromatic nitrogens is 1. The highest BCUT2D eigenvalue weighted by Gasteiger charge is 2.14. The van der Waals surface area contributed by atoms with E-state index in [1.54, 1.807) is 24.4 Å². The summed E-state index contributed by atoms with van der Waals surface area (Å²) in [5.41, 5.74) is 1.85. The number of thiazole rings is 1. The number of hydrogen-bond acceptors (Lipinski definition) is 5. The summed E-state index contributed by atoms with van der Waals surface area (Å²) in [6.45, 7) is 0. The van der Waals surface area contributed by atoms with Crippen LogP contribution in [0.25, 0.3) is 10.6 Å². The van der Waals surface area contributed by atoms with Crippen molar-refractivity contribution in [2.45, 2.75) is 4.90 Å². The lowest BCUT2D eigenvalue weighted by Gasteiger charge is -2.08. The first-order valence-electron chi connectivity index (χ1n) is 7.34. The van der Waals surface area contributed by atoms with Gasteiger partial charge in [0.1, 0.15) is 5.01 Å². The molecule has 8 heteroatoms. The zero-order valence-electron chi connectivity index (χ0n) is 13.3. The Morgan fingerprint density at radius 3 is 2.52 bits per heavy atom. The predicted molar refractivity (Wildman–Crippen MR) is 98.2 cm³/mol. The van der Waals surface area contributed by atoms with Crippen LogP contribution in [0.1, 0.15) is 10.4 Å². The lowest BCUT2D eigenvalue weighted by molar-refractivity contribution is 0.102. The molecule has 0 atom stereocenters. The van der Waals surface area contributed by atoms with Crippen LogP contribution in [0.4, 0.5) is 5.69 Å². The van der Waals surface area contributed by atoms with Crippen molar-refractivity contribution in [2.75, 3.05) is 12.4 Å². The van der Waals surface area contributed by atoms with E-state index in [0.29, 0.717) is 5.69 Å². The Balaban J connectivity index is 1.77. The number of nitrogens with zero attached hydrogens (tertiary/aromatic N) is 1. The van der Waals surface area contributed by atoms with E-state index in [-0.39, 0.29) is 16.4 Å². The van der Waals surface area contributed by atoms with E-state index >= 15 is 0 Å². The number of anilines is 1. The van der Waals surface area contributed by atoms with Gasteiger partial charge in [-0.2, -0.15) is 0 Å². The lowest BCUT2D eigenvalue weighted by atomic mass is 10.2. The fourth-order valence-electron chi connectivity index (χ4n) is 2.19. The van der Waals surface area contributed by atoms with Gasteiger partial charge in [0.15, 0.2) is 0 Å². The van der Waals surface area contributed by atoms with Gasteiger partial charge in [-0.3, -0.25) is 4.79 Å². The Kier molecular flexibility index (Phi) is 4.93. The highest BCUT2D eigenvalue weighted by atomic mass is 32.2. The van der Waals surface area contributed by atoms with Crippen LogP contribution in [0, 0.1) is 0 Å². The molecular formula is C17H15N3O3S2. The van der Waals surface area contributed by atoms with Crippen molar-refractivity contribution in [3.8, 4) is 10.6 Å². The van der Waals surface area contributed by atoms with Crippen molar-refractivity contribution in [1.29, 1.82) is 0 Å². The molecule has 2 N–H and O–H groups in total. The molecule has 128 valence electrons. The quantitative estimate of drug-likeness (QED) is 0.720. The van der Waals surface area contributed by atoms with E-state index < -0.39 is 10.0 Å². The minimum absolute atomic E-state index is 0.0433. The van der Waals surface area contributed by atoms with Crippen LogP contribution in [0.2, 0.25) is 0 Å². The number of amides is 1. The minimum atomic E-state index is -3.59. The largest absolute Gasteiger partial charge is 0.322 e. The summed E-state index contributed by atoms with van der Waals surface area (Å²) in [6, 6.07) is 13.2. The van der Waals surface area contributed by atoms with Gasteiger partial charge in [-0.25, -0.2) is 18.1 Å². The molecule has 0 aliphatic rings. The molecule has 1 aromatic heterocycles. The van der Waals surface area contributed by atoms with E-state index in [9.17, 15) is 13.2 Å². The number of sulfonamides is 1. The molecule has 1 amide bonds. The van der Waals surface area contributed by atoms with Gasteiger partial charge >= 0.3 is 0 Å². The molecule has 0 aliphatic heterocycles. The molecule has 0 fully saturated rings. The second-order valence-electron chi connectivity index (χ2n) is 5.10. The summed E-state index contributed by atoms with van der Waals surface area (Å²) in [5, 5.41) is 5.56. The maximum absolute atomic E-state index is 12.4. The van der Waals surface area contributed by atoms with Crippen molar-refractivity contribution < 1.29 is 13.2 Å². The topological polar surface area (TPSA) is 88.2 Å². The van der Waals surface area contributed by atoms with Crippen molar-refractivity contribution in [3.63, 3.8) is 0 Å². The molecule has 0 spiro atoms. The molecule has 0 unspecified atom stereocenters. The number of carbonyl (C=O) groups is 1. The van der Waals surface area contributed by atoms with E-state index in [1.165, 1.54) is 36.6 Å². The molecule has 0 saturated heterocycles. The van der Waals surface area contributed by atoms with E-state index in [0.717, 1.165) is 10.6 Å². The molecule has 0 saturated carbocycles. The first-order valence-corrected chi connectivity index (χ1v) is 9.71. The van der Waals surface area contributed by atoms with Gasteiger partial charge in [0.25, 0.3) is 5.91 Å². The number of nitrogens with one attached hydrogen (secondary N) is 2. The molecule has 0 radical (unpaired) electrons. The van der Waals surface area contributed by atoms with Crippen molar-refractivity contribution in [2.24, 2.45) is 0 Å². The van der Waals surface area contributed by atoms with Gasteiger partial charge in [0.2, 0.25) is 10.0 Å². The summed E-state index contributed by atoms with van der Waals surface area (Å²) >= 11 is 1.54. The standard InChI is InChI=1S/C17H15N3O3S2/c1-18-25(22,23)15-4-2-3-13(11-15)16(21)20-14-7-5-12(6-8-14)17-19-9-10-24-17/h2-11,18H,1H3,(H,20,21). The molecule has 6 nitrogen and oxygen atoms in total. The van der Waals surface area contributed by atoms with Crippen LogP contribution in [0.3, 0.4) is 0 Å². The fourth-order valence-corrected chi connectivity index (χ4v) is 3.61. The Morgan fingerprint density at radius 1 is 1.12 bits per heavy atom. The Labute approximate surface area is 149 Å². The molecule has 0 aliphatic carbocycles. The summed E-state index contributed by atoms with van der Waals surface area (Å²) in [6.07, 6.45) is 1.74. The molecule has 0 bridgehead atoms. The number of benzene rings is 2. The smallest absolute Gasteiger partial charge is 0.255 e. The van der Waals surface area contributed by atoms with Gasteiger partial charge < -0.3 is 5.32 Å². The first kappa shape index (κ1) is 17.3. The highest BCUT2D eigenvalue weighted by molar-refractivity contribution is 7.89. The van der Waals surface area contributed by atoms with E-state index in [1.807, 2.05) is 17.5 Å². The Hall–Kier alpha value is -2.55. The summed E-state index contributed by atoms with van der Waals surface area (Å²) in [4.78, 5) is 16.6. The second kappa shape index (κ2) is 7.14. The summed E-state index contributed by atoms with van der Waals surface area (Å²) < 4.78 is 25.9. The van der Waals surface area contributed by atoms with Gasteiger partial charge in [-0.15, -0.1) is 11.3 Å². The maximum Gasteiger partial charge on any atom is 0.255 e. The lowest BCUT2D eigenvalue weighted by Crippen LogP contribution is -2.19. The van der Waals surface area contributed by atoms with Crippen LogP contribution in [-0.2, 0) is 10.0 Å². The normalized spacial score (nSPS) is 11.2. The van der Waals surface area contributed by atoms with Crippen molar-refractivity contribution >= 4 is 33.0 Å². The third kappa shape index (κ3) is 3.93. The van der Waals surface area contributed by atoms with Crippen LogP contribution in [-0.4, -0.2) is 26.4 Å². The van der Waals surface area contributed by atoms with Crippen molar-refractivity contribution in [3.05, 3.63) is 65.7 Å². The van der Waals surface area contributed by atoms with Gasteiger partial charge in [-0.1, -0.05) is 6.07 Å². The van der Waals surface area contributed by atoms with Crippen LogP contribution < -0.4 is 10.0 Å². The van der Waals surface area contributed by atoms with Crippen LogP contribution in [0.5, 0.6) is 0 Å². The van der Waals surface area contributed by atoms with Crippen LogP contribution in [0.15, 0.2) is 65.0 Å². The minimum Gasteiger partial charge on any atom is -0.322 e. The van der Waals surface area contributed by atoms with Gasteiger partial charge in [-0.05, 0) is 49.5 Å². The molecule has 2 aromatic carbocycles. The predicted octanol–water partition coefficient (Wildman–Crippen LogP) is 2.97. The Bertz CT molecular complexity index is 982. The monoisotopic (exact) mass is 373 g/mol. The Morgan fingerprint density at radius 2 is 1.88 bits per heavy atom. The number of hydrogen-bond donors (Lipinski definition) is 2. The average molecular weight is 373 g/mol. The second-order valence-corrected chi connectivity index (χ2v) is 7.89. The highest BCUT2D eigenvalue weighted by Crippen LogP contribution is 2.23. The van der Waals surface area contributed by atoms with Crippen LogP contribution >= 0.6 is 11.3 Å². The van der Waals surface area contributed by atoms with E-state index in [4.69, 9.17) is 0 Å². The zero-order valence-corrected chi connectivity index (χ0v) is 14.9. The maximum atomic E-state index is 12.4. The molecular weight excluding hydrogens is 358 g/mol. The van der Waals surface area contributed by atoms with E-state index in [2.05, 4.69) is 15.0 Å². The van der Waals surface area contributed by atoms with Crippen molar-refractivity contribution in [1.82, 2.24) is 9.71 Å². The first-order chi connectivity index (χ1) is 12.0. The summed E-state index contributed by atoms with van der Waals surface area (Å²) in [7, 11) is -2.27. The summed E-state index contributed by atoms with van der Waals surface area (Å²) in [5.74, 6) is -0.379. The fraction of sp³-hybridized carbons (Fsp3) is 0.0588. The zero-order chi connectivity index (χ0) is 17.9. The van der Waals surface area contributed by atoms with Gasteiger partial charge in [0.05, 0.1) is 4.90 Å². The average Bonchev–Trinajstić information content (AvgIpc) is 3.17. The molecule has 1 heterocycles.